The number of halogens is 2. The smallest absolute Gasteiger partial charge is 0.339 e. The van der Waals surface area contributed by atoms with Crippen molar-refractivity contribution < 1.29 is 33.3 Å². The zero-order valence-electron chi connectivity index (χ0n) is 19.2. The molecule has 0 amide bonds. The van der Waals surface area contributed by atoms with Crippen LogP contribution in [0.15, 0.2) is 72.8 Å². The molecule has 0 atom stereocenters. The third kappa shape index (κ3) is 6.63. The summed E-state index contributed by atoms with van der Waals surface area (Å²) in [6.07, 6.45) is 1.43. The van der Waals surface area contributed by atoms with Crippen LogP contribution in [0.3, 0.4) is 0 Å². The Morgan fingerprint density at radius 1 is 0.886 bits per heavy atom. The van der Waals surface area contributed by atoms with Crippen LogP contribution in [-0.2, 0) is 11.2 Å². The van der Waals surface area contributed by atoms with Crippen LogP contribution in [0.1, 0.15) is 29.3 Å². The molecule has 0 radical (unpaired) electrons. The Bertz CT molecular complexity index is 1380. The lowest BCUT2D eigenvalue weighted by Gasteiger charge is -2.06. The Labute approximate surface area is 201 Å². The first-order chi connectivity index (χ1) is 16.7. The van der Waals surface area contributed by atoms with Gasteiger partial charge in [0.1, 0.15) is 34.5 Å². The number of carboxylic acid groups (broad SMARTS) is 1. The van der Waals surface area contributed by atoms with Crippen molar-refractivity contribution in [2.75, 3.05) is 7.11 Å². The summed E-state index contributed by atoms with van der Waals surface area (Å²) in [5.41, 5.74) is 1.19. The van der Waals surface area contributed by atoms with E-state index in [4.69, 9.17) is 9.84 Å². The summed E-state index contributed by atoms with van der Waals surface area (Å²) in [6.45, 7) is 1.63. The quantitative estimate of drug-likeness (QED) is 0.335. The van der Waals surface area contributed by atoms with Crippen molar-refractivity contribution in [1.29, 1.82) is 0 Å². The topological polar surface area (TPSA) is 83.8 Å². The summed E-state index contributed by atoms with van der Waals surface area (Å²) >= 11 is 0. The van der Waals surface area contributed by atoms with Crippen LogP contribution in [-0.4, -0.2) is 29.1 Å². The van der Waals surface area contributed by atoms with Crippen molar-refractivity contribution in [2.24, 2.45) is 0 Å². The van der Waals surface area contributed by atoms with Crippen LogP contribution in [0, 0.1) is 11.6 Å². The van der Waals surface area contributed by atoms with Crippen LogP contribution in [0.25, 0.3) is 21.9 Å². The number of aryl methyl sites for hydroxylation is 1. The number of rotatable bonds is 6. The molecule has 180 valence electrons. The Morgan fingerprint density at radius 2 is 1.60 bits per heavy atom. The fourth-order valence-corrected chi connectivity index (χ4v) is 3.47. The van der Waals surface area contributed by atoms with Gasteiger partial charge in [0, 0.05) is 18.1 Å². The van der Waals surface area contributed by atoms with Gasteiger partial charge in [-0.15, -0.1) is 0 Å². The highest BCUT2D eigenvalue weighted by molar-refractivity contribution is 5.92. The lowest BCUT2D eigenvalue weighted by Crippen LogP contribution is -1.97. The molecular formula is C28H24F2O5. The Morgan fingerprint density at radius 3 is 2.26 bits per heavy atom. The first kappa shape index (κ1) is 25.4. The van der Waals surface area contributed by atoms with Crippen LogP contribution < -0.4 is 4.74 Å². The maximum absolute atomic E-state index is 13.5. The lowest BCUT2D eigenvalue weighted by atomic mass is 10.0. The zero-order chi connectivity index (χ0) is 25.5. The minimum absolute atomic E-state index is 0.0684. The van der Waals surface area contributed by atoms with Crippen LogP contribution >= 0.6 is 0 Å². The normalized spacial score (nSPS) is 10.4. The molecule has 0 heterocycles. The molecule has 7 heteroatoms. The van der Waals surface area contributed by atoms with E-state index in [9.17, 15) is 23.5 Å². The van der Waals surface area contributed by atoms with E-state index in [2.05, 4.69) is 18.2 Å². The van der Waals surface area contributed by atoms with Gasteiger partial charge in [0.2, 0.25) is 0 Å². The van der Waals surface area contributed by atoms with E-state index in [0.717, 1.165) is 35.8 Å². The molecule has 4 aromatic rings. The third-order valence-corrected chi connectivity index (χ3v) is 5.35. The molecule has 0 spiro atoms. The molecule has 0 bridgehead atoms. The standard InChI is InChI=1S/C15H16O2.C13H8F2O3/c1-11(16)3-4-12-5-6-14-10-15(17-2)8-7-13(14)9-12;14-8-2-3-9(11(15)6-8)7-1-4-12(16)10(5-7)13(17)18/h5-10H,3-4H2,1-2H3;1-6,16H,(H,17,18). The molecule has 4 aromatic carbocycles. The van der Waals surface area contributed by atoms with Crippen molar-refractivity contribution >= 4 is 22.5 Å². The van der Waals surface area contributed by atoms with E-state index in [1.165, 1.54) is 23.1 Å². The molecule has 0 saturated carbocycles. The maximum atomic E-state index is 13.5. The number of carboxylic acids is 1. The second kappa shape index (κ2) is 11.2. The molecule has 35 heavy (non-hydrogen) atoms. The third-order valence-electron chi connectivity index (χ3n) is 5.35. The van der Waals surface area contributed by atoms with Crippen molar-refractivity contribution in [3.05, 3.63) is 95.6 Å². The number of phenols is 1. The first-order valence-corrected chi connectivity index (χ1v) is 10.8. The number of ether oxygens (including phenoxy) is 1. The molecule has 0 aliphatic carbocycles. The lowest BCUT2D eigenvalue weighted by molar-refractivity contribution is -0.116. The molecular weight excluding hydrogens is 454 g/mol. The van der Waals surface area contributed by atoms with Crippen molar-refractivity contribution in [3.63, 3.8) is 0 Å². The predicted molar refractivity (Wildman–Crippen MR) is 130 cm³/mol. The van der Waals surface area contributed by atoms with Crippen LogP contribution in [0.4, 0.5) is 8.78 Å². The number of hydrogen-bond acceptors (Lipinski definition) is 4. The summed E-state index contributed by atoms with van der Waals surface area (Å²) in [4.78, 5) is 21.8. The van der Waals surface area contributed by atoms with Gasteiger partial charge in [-0.1, -0.05) is 30.3 Å². The number of carbonyl (C=O) groups is 2. The maximum Gasteiger partial charge on any atom is 0.339 e. The van der Waals surface area contributed by atoms with Gasteiger partial charge in [-0.05, 0) is 71.6 Å². The molecule has 0 aliphatic heterocycles. The zero-order valence-corrected chi connectivity index (χ0v) is 19.2. The highest BCUT2D eigenvalue weighted by Gasteiger charge is 2.13. The van der Waals surface area contributed by atoms with E-state index in [1.807, 2.05) is 18.2 Å². The van der Waals surface area contributed by atoms with E-state index >= 15 is 0 Å². The van der Waals surface area contributed by atoms with Gasteiger partial charge >= 0.3 is 5.97 Å². The fraction of sp³-hybridized carbons (Fsp3) is 0.143. The highest BCUT2D eigenvalue weighted by Crippen LogP contribution is 2.28. The molecule has 4 rings (SSSR count). The highest BCUT2D eigenvalue weighted by atomic mass is 19.1. The van der Waals surface area contributed by atoms with Crippen molar-refractivity contribution in [3.8, 4) is 22.6 Å². The average molecular weight is 478 g/mol. The Kier molecular flexibility index (Phi) is 8.15. The van der Waals surface area contributed by atoms with E-state index in [0.29, 0.717) is 12.5 Å². The minimum Gasteiger partial charge on any atom is -0.507 e. The summed E-state index contributed by atoms with van der Waals surface area (Å²) in [5, 5.41) is 20.5. The summed E-state index contributed by atoms with van der Waals surface area (Å²) in [5.74, 6) is -2.13. The van der Waals surface area contributed by atoms with Gasteiger partial charge in [0.15, 0.2) is 0 Å². The first-order valence-electron chi connectivity index (χ1n) is 10.8. The number of ketones is 1. The second-order valence-corrected chi connectivity index (χ2v) is 7.91. The SMILES string of the molecule is COc1ccc2cc(CCC(C)=O)ccc2c1.O=C(O)c1cc(-c2ccc(F)cc2F)ccc1O. The number of Topliss-reactive ketones (excluding diaryl/α,β-unsaturated/α-hetero) is 1. The number of carbonyl (C=O) groups excluding carboxylic acids is 1. The van der Waals surface area contributed by atoms with Gasteiger partial charge < -0.3 is 19.7 Å². The molecule has 5 nitrogen and oxygen atoms in total. The molecule has 0 unspecified atom stereocenters. The summed E-state index contributed by atoms with van der Waals surface area (Å²) < 4.78 is 31.5. The minimum atomic E-state index is -1.32. The van der Waals surface area contributed by atoms with E-state index < -0.39 is 23.4 Å². The number of methoxy groups -OCH3 is 1. The van der Waals surface area contributed by atoms with Crippen molar-refractivity contribution in [2.45, 2.75) is 19.8 Å². The molecule has 0 fully saturated rings. The molecule has 2 N–H and O–H groups in total. The fourth-order valence-electron chi connectivity index (χ4n) is 3.47. The molecule has 0 aromatic heterocycles. The average Bonchev–Trinajstić information content (AvgIpc) is 2.83. The van der Waals surface area contributed by atoms with Gasteiger partial charge in [0.25, 0.3) is 0 Å². The Balaban J connectivity index is 0.000000196. The van der Waals surface area contributed by atoms with Crippen LogP contribution in [0.2, 0.25) is 0 Å². The van der Waals surface area contributed by atoms with Gasteiger partial charge in [-0.2, -0.15) is 0 Å². The monoisotopic (exact) mass is 478 g/mol. The number of aromatic hydroxyl groups is 1. The number of aromatic carboxylic acids is 1. The largest absolute Gasteiger partial charge is 0.507 e. The second-order valence-electron chi connectivity index (χ2n) is 7.91. The molecule has 0 aliphatic rings. The van der Waals surface area contributed by atoms with Gasteiger partial charge in [-0.3, -0.25) is 0 Å². The molecule has 0 saturated heterocycles. The number of hydrogen-bond donors (Lipinski definition) is 2. The van der Waals surface area contributed by atoms with Gasteiger partial charge in [-0.25, -0.2) is 13.6 Å². The summed E-state index contributed by atoms with van der Waals surface area (Å²) in [7, 11) is 1.67. The number of fused-ring (bicyclic) bond motifs is 1. The predicted octanol–water partition coefficient (Wildman–Crippen LogP) is 6.41. The van der Waals surface area contributed by atoms with Crippen LogP contribution in [0.5, 0.6) is 11.5 Å². The Hall–Kier alpha value is -4.26. The van der Waals surface area contributed by atoms with E-state index in [-0.39, 0.29) is 22.5 Å². The summed E-state index contributed by atoms with van der Waals surface area (Å²) in [6, 6.07) is 19.0. The van der Waals surface area contributed by atoms with E-state index in [1.54, 1.807) is 14.0 Å². The van der Waals surface area contributed by atoms with Gasteiger partial charge in [0.05, 0.1) is 7.11 Å². The number of benzene rings is 4. The van der Waals surface area contributed by atoms with Crippen molar-refractivity contribution in [1.82, 2.24) is 0 Å².